The molecule has 0 rings (SSSR count). The Hall–Kier alpha value is -1.83. The fourth-order valence-electron chi connectivity index (χ4n) is 0. The maximum Gasteiger partial charge on any atom is 0.283 e. The molecule has 0 spiro atoms. The van der Waals surface area contributed by atoms with E-state index in [1.165, 1.54) is 0 Å². The van der Waals surface area contributed by atoms with Crippen LogP contribution in [0.4, 0.5) is 0 Å². The van der Waals surface area contributed by atoms with Gasteiger partial charge in [0.05, 0.1) is 0 Å². The third-order valence-electron chi connectivity index (χ3n) is 0. The van der Waals surface area contributed by atoms with Crippen LogP contribution in [0.5, 0.6) is 0 Å². The minimum Gasteiger partial charge on any atom is -0.443 e. The summed E-state index contributed by atoms with van der Waals surface area (Å²) < 4.78 is 0. The minimum atomic E-state index is 0. The van der Waals surface area contributed by atoms with Crippen LogP contribution in [-0.4, -0.2) is 20.4 Å². The van der Waals surface area contributed by atoms with Crippen molar-refractivity contribution in [2.24, 2.45) is 0 Å². The zero-order valence-corrected chi connectivity index (χ0v) is 8.33. The molecular weight excluding hydrogens is 286 g/mol. The van der Waals surface area contributed by atoms with Crippen LogP contribution in [-0.2, 0) is 33.6 Å². The first kappa shape index (κ1) is 39.9. The molecule has 0 fully saturated rings. The average molecular weight is 290 g/mol. The molecule has 0 heterocycles. The van der Waals surface area contributed by atoms with E-state index in [1.807, 2.05) is 0 Å². The fraction of sp³-hybridized carbons (Fsp3) is 0. The molecule has 0 atom stereocenters. The molecule has 14 heavy (non-hydrogen) atoms. The van der Waals surface area contributed by atoms with Crippen LogP contribution in [0.2, 0.25) is 0 Å². The Kier molecular flexibility index (Phi) is 698. The number of hydrogen-bond donors (Lipinski definition) is 4. The van der Waals surface area contributed by atoms with Gasteiger partial charge in [-0.25, -0.2) is 0 Å². The van der Waals surface area contributed by atoms with Crippen molar-refractivity contribution in [3.8, 4) is 25.0 Å². The van der Waals surface area contributed by atoms with Gasteiger partial charge in [-0.05, 0) is 0 Å². The molecule has 0 aliphatic carbocycles. The van der Waals surface area contributed by atoms with Gasteiger partial charge in [-0.3, -0.25) is 0 Å². The van der Waals surface area contributed by atoms with E-state index in [9.17, 15) is 0 Å². The van der Waals surface area contributed by atoms with Crippen LogP contribution in [0, 0.1) is 46.1 Å². The van der Waals surface area contributed by atoms with E-state index < -0.39 is 0 Å². The fourth-order valence-corrected chi connectivity index (χ4v) is 0. The summed E-state index contributed by atoms with van der Waals surface area (Å²) in [5.74, 6) is 0. The molecule has 0 bridgehead atoms. The third kappa shape index (κ3) is 256. The Balaban J connectivity index is -0.0000000145. The molecule has 8 nitrogen and oxygen atoms in total. The van der Waals surface area contributed by atoms with E-state index in [0.29, 0.717) is 0 Å². The summed E-state index contributed by atoms with van der Waals surface area (Å²) in [7, 11) is 0. The van der Waals surface area contributed by atoms with Gasteiger partial charge in [-0.1, -0.05) is 0 Å². The zero-order chi connectivity index (χ0) is 10.8. The maximum absolute atomic E-state index is 6.88. The number of nitriles is 4. The molecule has 0 amide bonds. The van der Waals surface area contributed by atoms with Gasteiger partial charge in [0.15, 0.2) is 0 Å². The quantitative estimate of drug-likeness (QED) is 0.425. The maximum atomic E-state index is 6.88. The summed E-state index contributed by atoms with van der Waals surface area (Å²) in [6, 6.07) is 0. The molecule has 4 N–H and O–H groups in total. The largest absolute Gasteiger partial charge is 0.443 e. The summed E-state index contributed by atoms with van der Waals surface area (Å²) in [4.78, 5) is 0. The second kappa shape index (κ2) is 245. The third-order valence-corrected chi connectivity index (χ3v) is 0. The van der Waals surface area contributed by atoms with Crippen LogP contribution < -0.4 is 0 Å². The van der Waals surface area contributed by atoms with Gasteiger partial charge < -0.3 is 20.4 Å². The molecule has 0 saturated carbocycles. The van der Waals surface area contributed by atoms with Crippen molar-refractivity contribution in [2.75, 3.05) is 0 Å². The monoisotopic (exact) mass is 290 g/mol. The first-order chi connectivity index (χ1) is 5.66. The van der Waals surface area contributed by atoms with E-state index in [-0.39, 0.29) is 33.6 Å². The standard InChI is InChI=1S/4CHNO.2Co/c4*2-1-3;;/h4*3H;;. The number of rotatable bonds is 0. The molecule has 0 aromatic carbocycles. The molecule has 2 radical (unpaired) electrons. The topological polar surface area (TPSA) is 176 Å². The van der Waals surface area contributed by atoms with Crippen molar-refractivity contribution < 1.29 is 54.0 Å². The number of aliphatic hydroxyl groups is 4. The average Bonchev–Trinajstić information content (AvgIpc) is 1.92. The van der Waals surface area contributed by atoms with Crippen molar-refractivity contribution in [3.05, 3.63) is 0 Å². The Morgan fingerprint density at radius 2 is 0.500 bits per heavy atom. The second-order valence-corrected chi connectivity index (χ2v) is 0.400. The van der Waals surface area contributed by atoms with Gasteiger partial charge in [0, 0.05) is 33.6 Å². The van der Waals surface area contributed by atoms with Crippen LogP contribution in [0.3, 0.4) is 0 Å². The summed E-state index contributed by atoms with van der Waals surface area (Å²) >= 11 is 0. The van der Waals surface area contributed by atoms with E-state index in [1.54, 1.807) is 0 Å². The summed E-state index contributed by atoms with van der Waals surface area (Å²) in [6.45, 7) is 0. The zero-order valence-electron chi connectivity index (χ0n) is 6.24. The Morgan fingerprint density at radius 1 is 0.500 bits per heavy atom. The van der Waals surface area contributed by atoms with Crippen molar-refractivity contribution in [1.82, 2.24) is 0 Å². The minimum absolute atomic E-state index is 0. The summed E-state index contributed by atoms with van der Waals surface area (Å²) in [5, 5.41) is 55.0. The number of hydrogen-bond acceptors (Lipinski definition) is 8. The van der Waals surface area contributed by atoms with Crippen molar-refractivity contribution in [2.45, 2.75) is 0 Å². The Labute approximate surface area is 100 Å². The molecule has 0 saturated heterocycles. The first-order valence-corrected chi connectivity index (χ1v) is 1.79. The van der Waals surface area contributed by atoms with E-state index in [2.05, 4.69) is 0 Å². The Bertz CT molecular complexity index is 161. The van der Waals surface area contributed by atoms with Crippen LogP contribution in [0.25, 0.3) is 0 Å². The molecule has 10 heteroatoms. The molecule has 0 aliphatic rings. The SMILES string of the molecule is N#CO.N#CO.N#CO.N#CO.[Co].[Co]. The van der Waals surface area contributed by atoms with E-state index >= 15 is 0 Å². The molecule has 0 unspecified atom stereocenters. The van der Waals surface area contributed by atoms with Gasteiger partial charge in [0.2, 0.25) is 0 Å². The van der Waals surface area contributed by atoms with Gasteiger partial charge in [0.1, 0.15) is 0 Å². The molecular formula is C4H4Co2N4O4. The van der Waals surface area contributed by atoms with E-state index in [0.717, 1.165) is 25.0 Å². The summed E-state index contributed by atoms with van der Waals surface area (Å²) in [6.07, 6.45) is 3.00. The molecule has 0 aliphatic heterocycles. The normalized spacial score (nSPS) is 2.00. The van der Waals surface area contributed by atoms with Crippen LogP contribution in [0.1, 0.15) is 0 Å². The van der Waals surface area contributed by atoms with Gasteiger partial charge in [-0.2, -0.15) is 21.0 Å². The first-order valence-electron chi connectivity index (χ1n) is 1.79. The number of nitrogens with zero attached hydrogens (tertiary/aromatic N) is 4. The second-order valence-electron chi connectivity index (χ2n) is 0.400. The number of aliphatic hydroxyl groups excluding tert-OH is 4. The summed E-state index contributed by atoms with van der Waals surface area (Å²) in [5.41, 5.74) is 0. The predicted molar refractivity (Wildman–Crippen MR) is 30.2 cm³/mol. The van der Waals surface area contributed by atoms with Crippen molar-refractivity contribution in [3.63, 3.8) is 0 Å². The van der Waals surface area contributed by atoms with Gasteiger partial charge in [-0.15, -0.1) is 0 Å². The van der Waals surface area contributed by atoms with Crippen LogP contribution >= 0.6 is 0 Å². The Morgan fingerprint density at radius 3 is 0.500 bits per heavy atom. The van der Waals surface area contributed by atoms with Crippen molar-refractivity contribution >= 4 is 0 Å². The van der Waals surface area contributed by atoms with E-state index in [4.69, 9.17) is 41.5 Å². The van der Waals surface area contributed by atoms with Gasteiger partial charge >= 0.3 is 0 Å². The van der Waals surface area contributed by atoms with Crippen molar-refractivity contribution in [1.29, 1.82) is 21.0 Å². The molecule has 0 aromatic rings. The van der Waals surface area contributed by atoms with Crippen LogP contribution in [0.15, 0.2) is 0 Å². The molecule has 0 aromatic heterocycles. The molecule has 82 valence electrons. The van der Waals surface area contributed by atoms with Gasteiger partial charge in [0.25, 0.3) is 25.0 Å². The smallest absolute Gasteiger partial charge is 0.283 e. The predicted octanol–water partition coefficient (Wildman–Crippen LogP) is -0.645.